The maximum Gasteiger partial charge on any atom is 0.261 e. The van der Waals surface area contributed by atoms with Gasteiger partial charge in [0.2, 0.25) is 5.91 Å². The van der Waals surface area contributed by atoms with Gasteiger partial charge in [0.25, 0.3) is 5.91 Å². The fourth-order valence-corrected chi connectivity index (χ4v) is 3.15. The average Bonchev–Trinajstić information content (AvgIpc) is 2.72. The predicted octanol–water partition coefficient (Wildman–Crippen LogP) is 4.24. The first-order valence-electron chi connectivity index (χ1n) is 10.4. The van der Waals surface area contributed by atoms with Gasteiger partial charge in [-0.1, -0.05) is 55.8 Å². The molecular weight excluding hydrogens is 383 g/mol. The average molecular weight is 415 g/mol. The van der Waals surface area contributed by atoms with Crippen molar-refractivity contribution in [3.8, 4) is 5.75 Å². The van der Waals surface area contributed by atoms with Crippen molar-refractivity contribution in [1.29, 1.82) is 0 Å². The third-order valence-electron chi connectivity index (χ3n) is 5.01. The zero-order valence-electron chi connectivity index (χ0n) is 18.2. The molecule has 0 radical (unpaired) electrons. The van der Waals surface area contributed by atoms with Crippen LogP contribution in [0.4, 0.5) is 4.39 Å². The topological polar surface area (TPSA) is 58.6 Å². The fraction of sp³-hybridized carbons (Fsp3) is 0.417. The standard InChI is InChI=1S/C24H31FN2O3/c1-5-18(4)26-24(29)21(6-2)27(15-19-11-9-10-17(3)14-19)23(28)16-30-22-13-8-7-12-20(22)25/h7-14,18,21H,5-6,15-16H2,1-4H3,(H,26,29)/t18-,21+/m0/s1. The maximum absolute atomic E-state index is 13.9. The minimum Gasteiger partial charge on any atom is -0.481 e. The molecule has 1 N–H and O–H groups in total. The molecule has 162 valence electrons. The third kappa shape index (κ3) is 6.58. The minimum absolute atomic E-state index is 0.0112. The van der Waals surface area contributed by atoms with Crippen molar-refractivity contribution in [2.75, 3.05) is 6.61 Å². The van der Waals surface area contributed by atoms with Crippen LogP contribution in [0.5, 0.6) is 5.75 Å². The molecule has 2 amide bonds. The minimum atomic E-state index is -0.642. The van der Waals surface area contributed by atoms with E-state index in [1.165, 1.54) is 17.0 Å². The number of hydrogen-bond donors (Lipinski definition) is 1. The highest BCUT2D eigenvalue weighted by Gasteiger charge is 2.29. The van der Waals surface area contributed by atoms with Gasteiger partial charge < -0.3 is 15.0 Å². The molecule has 0 aromatic heterocycles. The van der Waals surface area contributed by atoms with Gasteiger partial charge in [-0.2, -0.15) is 0 Å². The maximum atomic E-state index is 13.9. The lowest BCUT2D eigenvalue weighted by molar-refractivity contribution is -0.143. The number of para-hydroxylation sites is 1. The second kappa shape index (κ2) is 11.3. The van der Waals surface area contributed by atoms with E-state index < -0.39 is 11.9 Å². The lowest BCUT2D eigenvalue weighted by Gasteiger charge is -2.31. The second-order valence-electron chi connectivity index (χ2n) is 7.47. The molecule has 2 rings (SSSR count). The first-order valence-corrected chi connectivity index (χ1v) is 10.4. The Kier molecular flexibility index (Phi) is 8.84. The van der Waals surface area contributed by atoms with Gasteiger partial charge in [0.1, 0.15) is 6.04 Å². The molecule has 0 saturated carbocycles. The zero-order valence-corrected chi connectivity index (χ0v) is 18.2. The monoisotopic (exact) mass is 414 g/mol. The van der Waals surface area contributed by atoms with E-state index in [1.54, 1.807) is 12.1 Å². The van der Waals surface area contributed by atoms with Crippen molar-refractivity contribution < 1.29 is 18.7 Å². The number of rotatable bonds is 10. The van der Waals surface area contributed by atoms with E-state index in [1.807, 2.05) is 52.0 Å². The molecule has 2 aromatic rings. The Labute approximate surface area is 178 Å². The summed E-state index contributed by atoms with van der Waals surface area (Å²) in [4.78, 5) is 27.5. The van der Waals surface area contributed by atoms with E-state index >= 15 is 0 Å². The molecule has 0 aliphatic heterocycles. The van der Waals surface area contributed by atoms with Crippen LogP contribution in [0.3, 0.4) is 0 Å². The predicted molar refractivity (Wildman–Crippen MR) is 116 cm³/mol. The number of carbonyl (C=O) groups is 2. The highest BCUT2D eigenvalue weighted by Crippen LogP contribution is 2.17. The summed E-state index contributed by atoms with van der Waals surface area (Å²) in [7, 11) is 0. The first-order chi connectivity index (χ1) is 14.3. The molecule has 2 atom stereocenters. The van der Waals surface area contributed by atoms with E-state index in [2.05, 4.69) is 5.32 Å². The van der Waals surface area contributed by atoms with Crippen molar-refractivity contribution >= 4 is 11.8 Å². The Morgan fingerprint density at radius 2 is 1.83 bits per heavy atom. The van der Waals surface area contributed by atoms with E-state index in [4.69, 9.17) is 4.74 Å². The summed E-state index contributed by atoms with van der Waals surface area (Å²) in [5.74, 6) is -1.08. The van der Waals surface area contributed by atoms with Crippen LogP contribution in [-0.2, 0) is 16.1 Å². The smallest absolute Gasteiger partial charge is 0.261 e. The number of halogens is 1. The summed E-state index contributed by atoms with van der Waals surface area (Å²) >= 11 is 0. The summed E-state index contributed by atoms with van der Waals surface area (Å²) < 4.78 is 19.3. The van der Waals surface area contributed by atoms with E-state index in [0.29, 0.717) is 6.42 Å². The molecule has 0 fully saturated rings. The fourth-order valence-electron chi connectivity index (χ4n) is 3.15. The largest absolute Gasteiger partial charge is 0.481 e. The second-order valence-corrected chi connectivity index (χ2v) is 7.47. The normalized spacial score (nSPS) is 12.7. The summed E-state index contributed by atoms with van der Waals surface area (Å²) in [6.07, 6.45) is 1.25. The Morgan fingerprint density at radius 3 is 2.47 bits per heavy atom. The van der Waals surface area contributed by atoms with Gasteiger partial charge in [-0.15, -0.1) is 0 Å². The van der Waals surface area contributed by atoms with E-state index in [0.717, 1.165) is 17.5 Å². The molecule has 0 unspecified atom stereocenters. The van der Waals surface area contributed by atoms with Gasteiger partial charge in [0, 0.05) is 12.6 Å². The highest BCUT2D eigenvalue weighted by molar-refractivity contribution is 5.88. The Hall–Kier alpha value is -2.89. The highest BCUT2D eigenvalue weighted by atomic mass is 19.1. The summed E-state index contributed by atoms with van der Waals surface area (Å²) in [6.45, 7) is 7.69. The van der Waals surface area contributed by atoms with Gasteiger partial charge >= 0.3 is 0 Å². The number of benzene rings is 2. The third-order valence-corrected chi connectivity index (χ3v) is 5.01. The van der Waals surface area contributed by atoms with Gasteiger partial charge in [0.15, 0.2) is 18.2 Å². The van der Waals surface area contributed by atoms with Crippen LogP contribution in [0.2, 0.25) is 0 Å². The molecule has 0 spiro atoms. The number of ether oxygens (including phenoxy) is 1. The van der Waals surface area contributed by atoms with Crippen LogP contribution < -0.4 is 10.1 Å². The Balaban J connectivity index is 2.23. The molecule has 0 bridgehead atoms. The van der Waals surface area contributed by atoms with Crippen LogP contribution in [0, 0.1) is 12.7 Å². The SMILES string of the molecule is CC[C@H](C(=O)N[C@@H](C)CC)N(Cc1cccc(C)c1)C(=O)COc1ccccc1F. The molecule has 30 heavy (non-hydrogen) atoms. The van der Waals surface area contributed by atoms with Crippen LogP contribution in [0.15, 0.2) is 48.5 Å². The van der Waals surface area contributed by atoms with Gasteiger partial charge in [-0.05, 0) is 44.4 Å². The molecule has 0 aliphatic carbocycles. The number of nitrogens with zero attached hydrogens (tertiary/aromatic N) is 1. The molecule has 6 heteroatoms. The number of aryl methyl sites for hydroxylation is 1. The molecule has 5 nitrogen and oxygen atoms in total. The van der Waals surface area contributed by atoms with Crippen molar-refractivity contribution in [2.45, 2.75) is 59.2 Å². The van der Waals surface area contributed by atoms with E-state index in [-0.39, 0.29) is 36.8 Å². The van der Waals surface area contributed by atoms with E-state index in [9.17, 15) is 14.0 Å². The molecule has 2 aromatic carbocycles. The number of carbonyl (C=O) groups excluding carboxylic acids is 2. The zero-order chi connectivity index (χ0) is 22.1. The lowest BCUT2D eigenvalue weighted by Crippen LogP contribution is -2.51. The number of amides is 2. The van der Waals surface area contributed by atoms with Crippen molar-refractivity contribution in [1.82, 2.24) is 10.2 Å². The Bertz CT molecular complexity index is 856. The van der Waals surface area contributed by atoms with Gasteiger partial charge in [-0.25, -0.2) is 4.39 Å². The van der Waals surface area contributed by atoms with Crippen LogP contribution in [-0.4, -0.2) is 35.4 Å². The molecular formula is C24H31FN2O3. The lowest BCUT2D eigenvalue weighted by atomic mass is 10.1. The summed E-state index contributed by atoms with van der Waals surface area (Å²) in [5, 5.41) is 2.96. The first kappa shape index (κ1) is 23.4. The molecule has 0 aliphatic rings. The van der Waals surface area contributed by atoms with Crippen LogP contribution >= 0.6 is 0 Å². The number of nitrogens with one attached hydrogen (secondary N) is 1. The van der Waals surface area contributed by atoms with Crippen molar-refractivity contribution in [3.63, 3.8) is 0 Å². The van der Waals surface area contributed by atoms with Gasteiger partial charge in [0.05, 0.1) is 0 Å². The Morgan fingerprint density at radius 1 is 1.10 bits per heavy atom. The molecule has 0 saturated heterocycles. The number of hydrogen-bond acceptors (Lipinski definition) is 3. The van der Waals surface area contributed by atoms with Crippen LogP contribution in [0.1, 0.15) is 44.7 Å². The van der Waals surface area contributed by atoms with Crippen LogP contribution in [0.25, 0.3) is 0 Å². The van der Waals surface area contributed by atoms with Crippen molar-refractivity contribution in [2.24, 2.45) is 0 Å². The quantitative estimate of drug-likeness (QED) is 0.633. The van der Waals surface area contributed by atoms with Crippen molar-refractivity contribution in [3.05, 3.63) is 65.5 Å². The summed E-state index contributed by atoms with van der Waals surface area (Å²) in [5.41, 5.74) is 1.99. The summed E-state index contributed by atoms with van der Waals surface area (Å²) in [6, 6.07) is 13.1. The molecule has 0 heterocycles. The van der Waals surface area contributed by atoms with Gasteiger partial charge in [-0.3, -0.25) is 9.59 Å².